The largest absolute Gasteiger partial charge is 0.396 e. The van der Waals surface area contributed by atoms with Crippen LogP contribution >= 0.6 is 0 Å². The molecule has 2 aromatic rings. The van der Waals surface area contributed by atoms with Gasteiger partial charge in [-0.3, -0.25) is 4.57 Å². The highest BCUT2D eigenvalue weighted by Crippen LogP contribution is 2.34. The SMILES string of the molecule is NC(=O)n1c2c(c3ccccc31)C[C](CO)CC2. The summed E-state index contributed by atoms with van der Waals surface area (Å²) in [5.41, 5.74) is 8.49. The Bertz CT molecular complexity index is 616. The molecule has 18 heavy (non-hydrogen) atoms. The van der Waals surface area contributed by atoms with E-state index in [-0.39, 0.29) is 6.61 Å². The van der Waals surface area contributed by atoms with Gasteiger partial charge in [-0.25, -0.2) is 4.79 Å². The topological polar surface area (TPSA) is 68.2 Å². The van der Waals surface area contributed by atoms with Crippen LogP contribution in [0.5, 0.6) is 0 Å². The molecule has 93 valence electrons. The summed E-state index contributed by atoms with van der Waals surface area (Å²) in [6.45, 7) is 0.121. The van der Waals surface area contributed by atoms with Gasteiger partial charge in [-0.15, -0.1) is 0 Å². The second-order valence-electron chi connectivity index (χ2n) is 4.70. The van der Waals surface area contributed by atoms with Crippen LogP contribution in [0.1, 0.15) is 17.7 Å². The Hall–Kier alpha value is -1.81. The summed E-state index contributed by atoms with van der Waals surface area (Å²) >= 11 is 0. The number of para-hydroxylation sites is 1. The first-order valence-corrected chi connectivity index (χ1v) is 6.07. The molecule has 0 aliphatic heterocycles. The van der Waals surface area contributed by atoms with E-state index in [9.17, 15) is 9.90 Å². The van der Waals surface area contributed by atoms with Gasteiger partial charge in [-0.1, -0.05) is 18.2 Å². The maximum absolute atomic E-state index is 11.6. The van der Waals surface area contributed by atoms with Gasteiger partial charge in [0.15, 0.2) is 0 Å². The van der Waals surface area contributed by atoms with E-state index in [1.54, 1.807) is 4.57 Å². The predicted molar refractivity (Wildman–Crippen MR) is 69.3 cm³/mol. The van der Waals surface area contributed by atoms with Crippen LogP contribution in [0.4, 0.5) is 4.79 Å². The van der Waals surface area contributed by atoms with Gasteiger partial charge in [0.2, 0.25) is 0 Å². The molecule has 1 heterocycles. The molecule has 0 spiro atoms. The molecule has 4 nitrogen and oxygen atoms in total. The number of aliphatic hydroxyl groups excluding tert-OH is 1. The third-order valence-corrected chi connectivity index (χ3v) is 3.67. The lowest BCUT2D eigenvalue weighted by Gasteiger charge is -2.20. The van der Waals surface area contributed by atoms with Gasteiger partial charge in [0.1, 0.15) is 0 Å². The van der Waals surface area contributed by atoms with Crippen molar-refractivity contribution in [1.29, 1.82) is 0 Å². The van der Waals surface area contributed by atoms with Crippen LogP contribution in [0, 0.1) is 5.92 Å². The molecule has 1 aliphatic carbocycles. The number of carbonyl (C=O) groups excluding carboxylic acids is 1. The van der Waals surface area contributed by atoms with Gasteiger partial charge < -0.3 is 10.8 Å². The van der Waals surface area contributed by atoms with Gasteiger partial charge >= 0.3 is 6.03 Å². The summed E-state index contributed by atoms with van der Waals surface area (Å²) in [6, 6.07) is 7.36. The van der Waals surface area contributed by atoms with Crippen LogP contribution in [0.3, 0.4) is 0 Å². The zero-order chi connectivity index (χ0) is 12.7. The third kappa shape index (κ3) is 1.53. The highest BCUT2D eigenvalue weighted by molar-refractivity contribution is 5.95. The fourth-order valence-corrected chi connectivity index (χ4v) is 2.84. The fourth-order valence-electron chi connectivity index (χ4n) is 2.84. The number of aromatic nitrogens is 1. The minimum absolute atomic E-state index is 0.121. The summed E-state index contributed by atoms with van der Waals surface area (Å²) in [4.78, 5) is 11.6. The quantitative estimate of drug-likeness (QED) is 0.799. The molecule has 0 fully saturated rings. The number of hydrogen-bond acceptors (Lipinski definition) is 2. The molecule has 0 bridgehead atoms. The van der Waals surface area contributed by atoms with Crippen molar-refractivity contribution in [2.75, 3.05) is 6.61 Å². The number of primary amides is 1. The van der Waals surface area contributed by atoms with Crippen LogP contribution in [-0.4, -0.2) is 22.3 Å². The molecule has 0 saturated heterocycles. The lowest BCUT2D eigenvalue weighted by atomic mass is 9.87. The summed E-state index contributed by atoms with van der Waals surface area (Å²) in [5, 5.41) is 10.3. The molecule has 3 N–H and O–H groups in total. The first kappa shape index (κ1) is 11.3. The Labute approximate surface area is 105 Å². The van der Waals surface area contributed by atoms with E-state index in [1.165, 1.54) is 0 Å². The number of nitrogens with zero attached hydrogens (tertiary/aromatic N) is 1. The molecule has 3 rings (SSSR count). The zero-order valence-corrected chi connectivity index (χ0v) is 10.0. The maximum atomic E-state index is 11.6. The molecule has 1 radical (unpaired) electrons. The smallest absolute Gasteiger partial charge is 0.323 e. The number of aliphatic hydroxyl groups is 1. The number of amides is 1. The van der Waals surface area contributed by atoms with E-state index in [2.05, 4.69) is 0 Å². The Kier molecular flexibility index (Phi) is 2.59. The molecule has 1 amide bonds. The van der Waals surface area contributed by atoms with Gasteiger partial charge in [-0.2, -0.15) is 0 Å². The predicted octanol–water partition coefficient (Wildman–Crippen LogP) is 1.62. The van der Waals surface area contributed by atoms with Crippen molar-refractivity contribution < 1.29 is 9.90 Å². The van der Waals surface area contributed by atoms with Crippen LogP contribution in [0.15, 0.2) is 24.3 Å². The number of carbonyl (C=O) groups is 1. The Morgan fingerprint density at radius 1 is 1.33 bits per heavy atom. The molecule has 1 aliphatic rings. The number of hydrogen-bond donors (Lipinski definition) is 2. The molecule has 0 saturated carbocycles. The highest BCUT2D eigenvalue weighted by Gasteiger charge is 2.26. The van der Waals surface area contributed by atoms with E-state index < -0.39 is 6.03 Å². The number of nitrogens with two attached hydrogens (primary N) is 1. The van der Waals surface area contributed by atoms with Crippen LogP contribution < -0.4 is 5.73 Å². The second kappa shape index (κ2) is 4.14. The Morgan fingerprint density at radius 2 is 2.11 bits per heavy atom. The van der Waals surface area contributed by atoms with Gasteiger partial charge in [0.25, 0.3) is 0 Å². The van der Waals surface area contributed by atoms with Gasteiger partial charge in [0.05, 0.1) is 5.52 Å². The average Bonchev–Trinajstić information content (AvgIpc) is 2.72. The zero-order valence-electron chi connectivity index (χ0n) is 10.0. The van der Waals surface area contributed by atoms with E-state index >= 15 is 0 Å². The highest BCUT2D eigenvalue weighted by atomic mass is 16.3. The molecule has 0 unspecified atom stereocenters. The average molecular weight is 243 g/mol. The number of fused-ring (bicyclic) bond motifs is 3. The van der Waals surface area contributed by atoms with Crippen molar-refractivity contribution >= 4 is 16.9 Å². The standard InChI is InChI=1S/C14H15N2O2/c15-14(18)16-12-4-2-1-3-10(12)11-7-9(8-17)5-6-13(11)16/h1-4,17H,5-8H2,(H2,15,18). The third-order valence-electron chi connectivity index (χ3n) is 3.67. The molecule has 4 heteroatoms. The van der Waals surface area contributed by atoms with Crippen molar-refractivity contribution in [3.63, 3.8) is 0 Å². The molecular weight excluding hydrogens is 228 g/mol. The van der Waals surface area contributed by atoms with Crippen molar-refractivity contribution in [3.05, 3.63) is 41.4 Å². The van der Waals surface area contributed by atoms with E-state index in [0.717, 1.165) is 47.3 Å². The summed E-state index contributed by atoms with van der Waals surface area (Å²) < 4.78 is 1.61. The summed E-state index contributed by atoms with van der Waals surface area (Å²) in [5.74, 6) is 1.12. The first-order valence-electron chi connectivity index (χ1n) is 6.07. The van der Waals surface area contributed by atoms with Crippen LogP contribution in [0.25, 0.3) is 10.9 Å². The lowest BCUT2D eigenvalue weighted by molar-refractivity contribution is 0.250. The van der Waals surface area contributed by atoms with E-state index in [1.807, 2.05) is 24.3 Å². The fraction of sp³-hybridized carbons (Fsp3) is 0.286. The summed E-state index contributed by atoms with van der Waals surface area (Å²) in [7, 11) is 0. The van der Waals surface area contributed by atoms with Gasteiger partial charge in [-0.05, 0) is 30.9 Å². The maximum Gasteiger partial charge on any atom is 0.323 e. The minimum Gasteiger partial charge on any atom is -0.396 e. The van der Waals surface area contributed by atoms with E-state index in [4.69, 9.17) is 5.73 Å². The Morgan fingerprint density at radius 3 is 2.83 bits per heavy atom. The van der Waals surface area contributed by atoms with Crippen LogP contribution in [0.2, 0.25) is 0 Å². The molecule has 0 atom stereocenters. The molecule has 1 aromatic heterocycles. The van der Waals surface area contributed by atoms with Crippen molar-refractivity contribution in [1.82, 2.24) is 4.57 Å². The number of rotatable bonds is 1. The minimum atomic E-state index is -0.431. The lowest BCUT2D eigenvalue weighted by Crippen LogP contribution is -2.24. The Balaban J connectivity index is 2.27. The van der Waals surface area contributed by atoms with Crippen molar-refractivity contribution in [2.24, 2.45) is 5.73 Å². The summed E-state index contributed by atoms with van der Waals surface area (Å²) in [6.07, 6.45) is 2.34. The molecule has 1 aromatic carbocycles. The normalized spacial score (nSPS) is 15.8. The first-order chi connectivity index (χ1) is 8.72. The van der Waals surface area contributed by atoms with Crippen molar-refractivity contribution in [3.8, 4) is 0 Å². The second-order valence-corrected chi connectivity index (χ2v) is 4.70. The van der Waals surface area contributed by atoms with Crippen LogP contribution in [-0.2, 0) is 12.8 Å². The number of benzene rings is 1. The van der Waals surface area contributed by atoms with Crippen molar-refractivity contribution in [2.45, 2.75) is 19.3 Å². The van der Waals surface area contributed by atoms with E-state index in [0.29, 0.717) is 0 Å². The monoisotopic (exact) mass is 243 g/mol. The molecular formula is C14H15N2O2. The van der Waals surface area contributed by atoms with Gasteiger partial charge in [0, 0.05) is 23.6 Å².